The molecular formula is C13H23N3OS. The highest BCUT2D eigenvalue weighted by Gasteiger charge is 2.36. The summed E-state index contributed by atoms with van der Waals surface area (Å²) in [7, 11) is 0. The fraction of sp³-hybridized carbons (Fsp3) is 0.846. The van der Waals surface area contributed by atoms with Gasteiger partial charge in [0.1, 0.15) is 0 Å². The number of amidine groups is 1. The molecule has 4 nitrogen and oxygen atoms in total. The van der Waals surface area contributed by atoms with Crippen molar-refractivity contribution in [1.82, 2.24) is 10.6 Å². The maximum absolute atomic E-state index is 11.5. The summed E-state index contributed by atoms with van der Waals surface area (Å²) in [6.07, 6.45) is 6.35. The van der Waals surface area contributed by atoms with E-state index in [1.807, 2.05) is 0 Å². The summed E-state index contributed by atoms with van der Waals surface area (Å²) in [6.45, 7) is 4.09. The van der Waals surface area contributed by atoms with E-state index >= 15 is 0 Å². The zero-order valence-corrected chi connectivity index (χ0v) is 11.9. The number of thioether (sulfide) groups is 1. The Bertz CT molecular complexity index is 324. The molecule has 1 fully saturated rings. The third-order valence-electron chi connectivity index (χ3n) is 3.71. The maximum Gasteiger partial charge on any atom is 0.239 e. The second-order valence-electron chi connectivity index (χ2n) is 5.32. The topological polar surface area (TPSA) is 53.5 Å². The van der Waals surface area contributed by atoms with Crippen LogP contribution in [0, 0.1) is 5.41 Å². The largest absolute Gasteiger partial charge is 0.356 e. The van der Waals surface area contributed by atoms with Gasteiger partial charge < -0.3 is 10.6 Å². The first-order valence-corrected chi connectivity index (χ1v) is 7.90. The minimum absolute atomic E-state index is 0.0568. The van der Waals surface area contributed by atoms with Gasteiger partial charge in [-0.15, -0.1) is 0 Å². The van der Waals surface area contributed by atoms with E-state index < -0.39 is 0 Å². The van der Waals surface area contributed by atoms with Gasteiger partial charge in [0.05, 0.1) is 6.54 Å². The maximum atomic E-state index is 11.5. The van der Waals surface area contributed by atoms with Crippen molar-refractivity contribution in [3.63, 3.8) is 0 Å². The van der Waals surface area contributed by atoms with Gasteiger partial charge in [0.25, 0.3) is 0 Å². The van der Waals surface area contributed by atoms with Crippen LogP contribution in [0.25, 0.3) is 0 Å². The van der Waals surface area contributed by atoms with Crippen LogP contribution in [0.3, 0.4) is 0 Å². The summed E-state index contributed by atoms with van der Waals surface area (Å²) >= 11 is 1.78. The van der Waals surface area contributed by atoms with Gasteiger partial charge in [0.2, 0.25) is 5.91 Å². The van der Waals surface area contributed by atoms with Crippen LogP contribution in [-0.2, 0) is 4.79 Å². The van der Waals surface area contributed by atoms with Crippen molar-refractivity contribution in [3.8, 4) is 0 Å². The van der Waals surface area contributed by atoms with E-state index in [1.165, 1.54) is 25.7 Å². The standard InChI is InChI=1S/C13H23N3OS/c1-2-7-14-11(17)8-15-12-16-9-13(10-18-12)5-3-4-6-13/h2-10H2,1H3,(H,14,17)(H,15,16). The Balaban J connectivity index is 1.71. The monoisotopic (exact) mass is 269 g/mol. The fourth-order valence-electron chi connectivity index (χ4n) is 2.57. The summed E-state index contributed by atoms with van der Waals surface area (Å²) in [5.41, 5.74) is 0.473. The molecule has 0 saturated heterocycles. The average molecular weight is 269 g/mol. The molecule has 0 bridgehead atoms. The number of amides is 1. The molecule has 2 rings (SSSR count). The molecule has 0 radical (unpaired) electrons. The van der Waals surface area contributed by atoms with Crippen molar-refractivity contribution in [2.24, 2.45) is 10.4 Å². The second kappa shape index (κ2) is 6.45. The van der Waals surface area contributed by atoms with E-state index in [4.69, 9.17) is 0 Å². The molecular weight excluding hydrogens is 246 g/mol. The number of nitrogens with zero attached hydrogens (tertiary/aromatic N) is 1. The van der Waals surface area contributed by atoms with Crippen LogP contribution in [0.2, 0.25) is 0 Å². The molecule has 2 aliphatic rings. The minimum atomic E-state index is 0.0568. The van der Waals surface area contributed by atoms with Crippen molar-refractivity contribution in [2.45, 2.75) is 39.0 Å². The lowest BCUT2D eigenvalue weighted by molar-refractivity contribution is -0.119. The van der Waals surface area contributed by atoms with Gasteiger partial charge in [0.15, 0.2) is 5.17 Å². The molecule has 1 spiro atoms. The molecule has 18 heavy (non-hydrogen) atoms. The Hall–Kier alpha value is -0.710. The van der Waals surface area contributed by atoms with Crippen LogP contribution >= 0.6 is 11.8 Å². The number of carbonyl (C=O) groups excluding carboxylic acids is 1. The first-order valence-electron chi connectivity index (χ1n) is 6.92. The normalized spacial score (nSPS) is 21.7. The third kappa shape index (κ3) is 3.64. The zero-order chi connectivity index (χ0) is 12.8. The van der Waals surface area contributed by atoms with Gasteiger partial charge in [-0.2, -0.15) is 0 Å². The Morgan fingerprint density at radius 2 is 2.22 bits per heavy atom. The summed E-state index contributed by atoms with van der Waals surface area (Å²) in [4.78, 5) is 16.1. The number of hydrogen-bond acceptors (Lipinski definition) is 4. The van der Waals surface area contributed by atoms with Crippen molar-refractivity contribution in [2.75, 3.05) is 25.4 Å². The number of rotatable bonds is 4. The van der Waals surface area contributed by atoms with Gasteiger partial charge >= 0.3 is 0 Å². The highest BCUT2D eigenvalue weighted by molar-refractivity contribution is 8.13. The highest BCUT2D eigenvalue weighted by Crippen LogP contribution is 2.43. The number of hydrogen-bond donors (Lipinski definition) is 2. The van der Waals surface area contributed by atoms with E-state index in [0.717, 1.165) is 30.4 Å². The molecule has 0 unspecified atom stereocenters. The SMILES string of the molecule is CCCNC(=O)CNC1=NCC2(CCCC2)CS1. The molecule has 1 saturated carbocycles. The van der Waals surface area contributed by atoms with Crippen molar-refractivity contribution >= 4 is 22.8 Å². The number of aliphatic imine (C=N–C) groups is 1. The zero-order valence-electron chi connectivity index (χ0n) is 11.1. The van der Waals surface area contributed by atoms with E-state index in [0.29, 0.717) is 12.0 Å². The molecule has 1 aliphatic heterocycles. The molecule has 0 aromatic carbocycles. The average Bonchev–Trinajstić information content (AvgIpc) is 2.84. The van der Waals surface area contributed by atoms with Crippen LogP contribution in [-0.4, -0.2) is 36.5 Å². The lowest BCUT2D eigenvalue weighted by Gasteiger charge is -2.30. The van der Waals surface area contributed by atoms with E-state index in [2.05, 4.69) is 22.5 Å². The molecule has 1 heterocycles. The van der Waals surface area contributed by atoms with Crippen molar-refractivity contribution in [1.29, 1.82) is 0 Å². The number of nitrogens with one attached hydrogen (secondary N) is 2. The summed E-state index contributed by atoms with van der Waals surface area (Å²) in [6, 6.07) is 0. The lowest BCUT2D eigenvalue weighted by Crippen LogP contribution is -2.39. The molecule has 1 amide bonds. The predicted molar refractivity (Wildman–Crippen MR) is 77.0 cm³/mol. The molecule has 102 valence electrons. The highest BCUT2D eigenvalue weighted by atomic mass is 32.2. The molecule has 5 heteroatoms. The molecule has 0 aromatic rings. The summed E-state index contributed by atoms with van der Waals surface area (Å²) < 4.78 is 0. The van der Waals surface area contributed by atoms with Gasteiger partial charge in [-0.25, -0.2) is 0 Å². The molecule has 1 aliphatic carbocycles. The van der Waals surface area contributed by atoms with E-state index in [-0.39, 0.29) is 5.91 Å². The molecule has 0 aromatic heterocycles. The Kier molecular flexibility index (Phi) is 4.92. The van der Waals surface area contributed by atoms with Gasteiger partial charge in [-0.05, 0) is 24.7 Å². The lowest BCUT2D eigenvalue weighted by atomic mass is 9.89. The fourth-order valence-corrected chi connectivity index (χ4v) is 3.72. The first-order chi connectivity index (χ1) is 8.74. The van der Waals surface area contributed by atoms with Gasteiger partial charge in [-0.3, -0.25) is 9.79 Å². The predicted octanol–water partition coefficient (Wildman–Crippen LogP) is 1.77. The van der Waals surface area contributed by atoms with E-state index in [1.54, 1.807) is 11.8 Å². The van der Waals surface area contributed by atoms with Crippen LogP contribution < -0.4 is 10.6 Å². The summed E-state index contributed by atoms with van der Waals surface area (Å²) in [5, 5.41) is 6.94. The minimum Gasteiger partial charge on any atom is -0.356 e. The Labute approximate surface area is 113 Å². The quantitative estimate of drug-likeness (QED) is 0.818. The number of carbonyl (C=O) groups is 1. The smallest absolute Gasteiger partial charge is 0.239 e. The first kappa shape index (κ1) is 13.7. The van der Waals surface area contributed by atoms with Crippen LogP contribution in [0.1, 0.15) is 39.0 Å². The molecule has 0 atom stereocenters. The summed E-state index contributed by atoms with van der Waals surface area (Å²) in [5.74, 6) is 1.22. The molecule has 2 N–H and O–H groups in total. The third-order valence-corrected chi connectivity index (χ3v) is 5.01. The Morgan fingerprint density at radius 1 is 1.44 bits per heavy atom. The Morgan fingerprint density at radius 3 is 2.83 bits per heavy atom. The van der Waals surface area contributed by atoms with Crippen molar-refractivity contribution < 1.29 is 4.79 Å². The van der Waals surface area contributed by atoms with Gasteiger partial charge in [-0.1, -0.05) is 31.5 Å². The van der Waals surface area contributed by atoms with Crippen LogP contribution in [0.15, 0.2) is 4.99 Å². The van der Waals surface area contributed by atoms with Crippen LogP contribution in [0.5, 0.6) is 0 Å². The second-order valence-corrected chi connectivity index (χ2v) is 6.28. The van der Waals surface area contributed by atoms with Crippen LogP contribution in [0.4, 0.5) is 0 Å². The van der Waals surface area contributed by atoms with E-state index in [9.17, 15) is 4.79 Å². The van der Waals surface area contributed by atoms with Gasteiger partial charge in [0, 0.05) is 18.8 Å². The van der Waals surface area contributed by atoms with Crippen molar-refractivity contribution in [3.05, 3.63) is 0 Å².